The lowest BCUT2D eigenvalue weighted by atomic mass is 9.98. The number of ether oxygens (including phenoxy) is 1. The summed E-state index contributed by atoms with van der Waals surface area (Å²) in [5.41, 5.74) is 1.96. The van der Waals surface area contributed by atoms with E-state index < -0.39 is 0 Å². The van der Waals surface area contributed by atoms with Crippen molar-refractivity contribution in [3.05, 3.63) is 36.2 Å². The minimum absolute atomic E-state index is 0.127. The van der Waals surface area contributed by atoms with Gasteiger partial charge in [-0.3, -0.25) is 4.79 Å². The molecule has 0 radical (unpaired) electrons. The van der Waals surface area contributed by atoms with Crippen LogP contribution in [0.15, 0.2) is 30.5 Å². The van der Waals surface area contributed by atoms with Gasteiger partial charge in [-0.25, -0.2) is 4.98 Å². The van der Waals surface area contributed by atoms with Crippen molar-refractivity contribution in [2.75, 3.05) is 7.11 Å². The number of hydrogen-bond acceptors (Lipinski definition) is 4. The van der Waals surface area contributed by atoms with Gasteiger partial charge in [0.05, 0.1) is 13.0 Å². The third-order valence-corrected chi connectivity index (χ3v) is 3.73. The third kappa shape index (κ3) is 2.15. The summed E-state index contributed by atoms with van der Waals surface area (Å²) in [7, 11) is 1.42. The number of rotatable bonds is 2. The summed E-state index contributed by atoms with van der Waals surface area (Å²) >= 11 is 0. The molecule has 1 atom stereocenters. The first-order chi connectivity index (χ1) is 9.69. The average Bonchev–Trinajstić information content (AvgIpc) is 2.89. The molecule has 1 aliphatic rings. The number of imidazole rings is 1. The summed E-state index contributed by atoms with van der Waals surface area (Å²) in [6.07, 6.45) is 3.44. The number of benzene rings is 1. The molecule has 104 valence electrons. The van der Waals surface area contributed by atoms with E-state index in [0.29, 0.717) is 6.54 Å². The smallest absolute Gasteiger partial charge is 0.310 e. The maximum Gasteiger partial charge on any atom is 0.310 e. The summed E-state index contributed by atoms with van der Waals surface area (Å²) in [5.74, 6) is 0.689. The number of esters is 1. The number of aryl methyl sites for hydroxylation is 1. The Hall–Kier alpha value is -2.30. The van der Waals surface area contributed by atoms with Gasteiger partial charge < -0.3 is 14.4 Å². The Morgan fingerprint density at radius 3 is 3.10 bits per heavy atom. The Kier molecular flexibility index (Phi) is 3.18. The number of carbonyl (C=O) groups excluding carboxylic acids is 1. The monoisotopic (exact) mass is 272 g/mol. The van der Waals surface area contributed by atoms with Gasteiger partial charge in [-0.05, 0) is 25.0 Å². The molecular formula is C15H16N2O3. The number of hydrogen-bond donors (Lipinski definition) is 1. The van der Waals surface area contributed by atoms with Gasteiger partial charge in [0.2, 0.25) is 0 Å². The Morgan fingerprint density at radius 1 is 1.50 bits per heavy atom. The SMILES string of the molecule is COC(=O)C1CCc2cnc(-c3cccc(O)c3)n2C1. The maximum atomic E-state index is 11.7. The van der Waals surface area contributed by atoms with Crippen LogP contribution in [0.4, 0.5) is 0 Å². The molecule has 1 aromatic heterocycles. The molecule has 1 aliphatic heterocycles. The van der Waals surface area contributed by atoms with Gasteiger partial charge in [0.25, 0.3) is 0 Å². The van der Waals surface area contributed by atoms with Crippen LogP contribution in [0, 0.1) is 5.92 Å². The molecule has 0 spiro atoms. The van der Waals surface area contributed by atoms with Crippen molar-refractivity contribution < 1.29 is 14.6 Å². The molecule has 3 rings (SSSR count). The van der Waals surface area contributed by atoms with Gasteiger partial charge in [-0.2, -0.15) is 0 Å². The van der Waals surface area contributed by atoms with Crippen LogP contribution in [0.1, 0.15) is 12.1 Å². The van der Waals surface area contributed by atoms with Gasteiger partial charge in [0.1, 0.15) is 11.6 Å². The largest absolute Gasteiger partial charge is 0.508 e. The average molecular weight is 272 g/mol. The van der Waals surface area contributed by atoms with Crippen LogP contribution in [-0.4, -0.2) is 27.7 Å². The number of methoxy groups -OCH3 is 1. The van der Waals surface area contributed by atoms with Crippen molar-refractivity contribution in [1.29, 1.82) is 0 Å². The van der Waals surface area contributed by atoms with Crippen LogP contribution in [0.25, 0.3) is 11.4 Å². The van der Waals surface area contributed by atoms with Gasteiger partial charge in [-0.1, -0.05) is 12.1 Å². The summed E-state index contributed by atoms with van der Waals surface area (Å²) < 4.78 is 6.87. The standard InChI is InChI=1S/C15H16N2O3/c1-20-15(19)11-5-6-12-8-16-14(17(12)9-11)10-3-2-4-13(18)7-10/h2-4,7-8,11,18H,5-6,9H2,1H3. The van der Waals surface area contributed by atoms with E-state index in [-0.39, 0.29) is 17.6 Å². The molecular weight excluding hydrogens is 256 g/mol. The predicted molar refractivity (Wildman–Crippen MR) is 73.2 cm³/mol. The fourth-order valence-electron chi connectivity index (χ4n) is 2.68. The molecule has 5 nitrogen and oxygen atoms in total. The maximum absolute atomic E-state index is 11.7. The van der Waals surface area contributed by atoms with Crippen LogP contribution < -0.4 is 0 Å². The number of nitrogens with zero attached hydrogens (tertiary/aromatic N) is 2. The Morgan fingerprint density at radius 2 is 2.35 bits per heavy atom. The molecule has 0 aliphatic carbocycles. The van der Waals surface area contributed by atoms with Crippen LogP contribution >= 0.6 is 0 Å². The second-order valence-electron chi connectivity index (χ2n) is 4.99. The van der Waals surface area contributed by atoms with Crippen molar-refractivity contribution in [2.24, 2.45) is 5.92 Å². The van der Waals surface area contributed by atoms with Gasteiger partial charge in [0.15, 0.2) is 0 Å². The quantitative estimate of drug-likeness (QED) is 0.849. The zero-order valence-corrected chi connectivity index (χ0v) is 11.2. The number of aromatic nitrogens is 2. The highest BCUT2D eigenvalue weighted by Crippen LogP contribution is 2.29. The Bertz CT molecular complexity index is 648. The van der Waals surface area contributed by atoms with E-state index in [1.807, 2.05) is 16.8 Å². The van der Waals surface area contributed by atoms with Crippen LogP contribution in [0.2, 0.25) is 0 Å². The first kappa shape index (κ1) is 12.7. The minimum atomic E-state index is -0.175. The van der Waals surface area contributed by atoms with E-state index in [2.05, 4.69) is 4.98 Å². The molecule has 5 heteroatoms. The second-order valence-corrected chi connectivity index (χ2v) is 4.99. The van der Waals surface area contributed by atoms with Gasteiger partial charge in [0, 0.05) is 24.0 Å². The van der Waals surface area contributed by atoms with Crippen molar-refractivity contribution in [3.8, 4) is 17.1 Å². The molecule has 0 amide bonds. The van der Waals surface area contributed by atoms with E-state index in [0.717, 1.165) is 29.9 Å². The number of phenols is 1. The number of fused-ring (bicyclic) bond motifs is 1. The molecule has 20 heavy (non-hydrogen) atoms. The highest BCUT2D eigenvalue weighted by Gasteiger charge is 2.27. The van der Waals surface area contributed by atoms with Crippen molar-refractivity contribution in [2.45, 2.75) is 19.4 Å². The molecule has 1 aromatic carbocycles. The first-order valence-corrected chi connectivity index (χ1v) is 6.60. The number of carbonyl (C=O) groups is 1. The molecule has 0 saturated carbocycles. The molecule has 1 unspecified atom stereocenters. The van der Waals surface area contributed by atoms with Gasteiger partial charge >= 0.3 is 5.97 Å². The fraction of sp³-hybridized carbons (Fsp3) is 0.333. The minimum Gasteiger partial charge on any atom is -0.508 e. The van der Waals surface area contributed by atoms with Gasteiger partial charge in [-0.15, -0.1) is 0 Å². The lowest BCUT2D eigenvalue weighted by Crippen LogP contribution is -2.27. The van der Waals surface area contributed by atoms with Crippen molar-refractivity contribution >= 4 is 5.97 Å². The lowest BCUT2D eigenvalue weighted by Gasteiger charge is -2.23. The molecule has 0 saturated heterocycles. The fourth-order valence-corrected chi connectivity index (χ4v) is 2.68. The topological polar surface area (TPSA) is 64.3 Å². The Balaban J connectivity index is 1.97. The lowest BCUT2D eigenvalue weighted by molar-refractivity contribution is -0.146. The Labute approximate surface area is 116 Å². The first-order valence-electron chi connectivity index (χ1n) is 6.60. The zero-order valence-electron chi connectivity index (χ0n) is 11.2. The number of aromatic hydroxyl groups is 1. The third-order valence-electron chi connectivity index (χ3n) is 3.73. The molecule has 0 fully saturated rings. The summed E-state index contributed by atoms with van der Waals surface area (Å²) in [6.45, 7) is 0.576. The summed E-state index contributed by atoms with van der Waals surface area (Å²) in [4.78, 5) is 16.1. The van der Waals surface area contributed by atoms with E-state index in [4.69, 9.17) is 4.74 Å². The van der Waals surface area contributed by atoms with Crippen LogP contribution in [0.3, 0.4) is 0 Å². The molecule has 2 heterocycles. The van der Waals surface area contributed by atoms with Crippen LogP contribution in [0.5, 0.6) is 5.75 Å². The summed E-state index contributed by atoms with van der Waals surface area (Å²) in [6, 6.07) is 6.99. The normalized spacial score (nSPS) is 17.6. The molecule has 1 N–H and O–H groups in total. The van der Waals surface area contributed by atoms with E-state index >= 15 is 0 Å². The highest BCUT2D eigenvalue weighted by molar-refractivity contribution is 5.72. The zero-order chi connectivity index (χ0) is 14.1. The molecule has 0 bridgehead atoms. The van der Waals surface area contributed by atoms with Crippen molar-refractivity contribution in [1.82, 2.24) is 9.55 Å². The predicted octanol–water partition coefficient (Wildman–Crippen LogP) is 1.99. The van der Waals surface area contributed by atoms with Crippen molar-refractivity contribution in [3.63, 3.8) is 0 Å². The van der Waals surface area contributed by atoms with E-state index in [9.17, 15) is 9.90 Å². The molecule has 2 aromatic rings. The second kappa shape index (κ2) is 5.00. The van der Waals surface area contributed by atoms with Crippen LogP contribution in [-0.2, 0) is 22.5 Å². The summed E-state index contributed by atoms with van der Waals surface area (Å²) in [5, 5.41) is 9.58. The highest BCUT2D eigenvalue weighted by atomic mass is 16.5. The van der Waals surface area contributed by atoms with E-state index in [1.165, 1.54) is 7.11 Å². The number of phenolic OH excluding ortho intramolecular Hbond substituents is 1. The van der Waals surface area contributed by atoms with E-state index in [1.54, 1.807) is 18.2 Å².